The zero-order chi connectivity index (χ0) is 15.2. The topological polar surface area (TPSA) is 112 Å². The second kappa shape index (κ2) is 6.55. The van der Waals surface area contributed by atoms with E-state index >= 15 is 0 Å². The summed E-state index contributed by atoms with van der Waals surface area (Å²) >= 11 is 0. The number of hydrogen-bond donors (Lipinski definition) is 1. The second-order valence-corrected chi connectivity index (χ2v) is 3.95. The second-order valence-electron chi connectivity index (χ2n) is 3.95. The maximum atomic E-state index is 11.9. The summed E-state index contributed by atoms with van der Waals surface area (Å²) in [6, 6.07) is 0.224. The summed E-state index contributed by atoms with van der Waals surface area (Å²) in [5.74, 6) is -0.0621. The largest absolute Gasteiger partial charge is 0.467 e. The van der Waals surface area contributed by atoms with Crippen LogP contribution in [-0.4, -0.2) is 45.0 Å². The Morgan fingerprint density at radius 2 is 1.76 bits per heavy atom. The van der Waals surface area contributed by atoms with Gasteiger partial charge in [-0.1, -0.05) is 0 Å². The van der Waals surface area contributed by atoms with Gasteiger partial charge in [-0.2, -0.15) is 9.97 Å². The van der Waals surface area contributed by atoms with Crippen molar-refractivity contribution in [2.75, 3.05) is 14.2 Å². The lowest BCUT2D eigenvalue weighted by molar-refractivity contribution is 0.0944. The minimum atomic E-state index is -0.374. The molecule has 0 aliphatic heterocycles. The molecule has 0 bridgehead atoms. The number of nitrogens with one attached hydrogen (secondary N) is 1. The van der Waals surface area contributed by atoms with Crippen molar-refractivity contribution in [2.45, 2.75) is 13.5 Å². The summed E-state index contributed by atoms with van der Waals surface area (Å²) in [6.07, 6.45) is 2.92. The van der Waals surface area contributed by atoms with Crippen molar-refractivity contribution in [1.29, 1.82) is 0 Å². The highest BCUT2D eigenvalue weighted by Gasteiger charge is 2.11. The Hall–Kier alpha value is -2.84. The van der Waals surface area contributed by atoms with Gasteiger partial charge < -0.3 is 14.8 Å². The number of rotatable bonds is 5. The van der Waals surface area contributed by atoms with Crippen LogP contribution >= 0.6 is 0 Å². The Bertz CT molecular complexity index is 609. The smallest absolute Gasteiger partial charge is 0.322 e. The van der Waals surface area contributed by atoms with E-state index in [0.717, 1.165) is 5.69 Å². The quantitative estimate of drug-likeness (QED) is 0.813. The highest BCUT2D eigenvalue weighted by Crippen LogP contribution is 2.08. The molecule has 0 aliphatic rings. The molecular weight excluding hydrogens is 276 g/mol. The van der Waals surface area contributed by atoms with Gasteiger partial charge in [-0.25, -0.2) is 4.98 Å². The van der Waals surface area contributed by atoms with Crippen LogP contribution in [0.3, 0.4) is 0 Å². The third-order valence-corrected chi connectivity index (χ3v) is 2.43. The molecule has 1 amide bonds. The van der Waals surface area contributed by atoms with Gasteiger partial charge in [0.05, 0.1) is 32.7 Å². The van der Waals surface area contributed by atoms with Crippen LogP contribution in [0.25, 0.3) is 0 Å². The number of aromatic nitrogens is 5. The van der Waals surface area contributed by atoms with E-state index in [9.17, 15) is 4.79 Å². The molecule has 0 fully saturated rings. The van der Waals surface area contributed by atoms with E-state index in [2.05, 4.69) is 30.2 Å². The molecule has 0 aliphatic carbocycles. The third kappa shape index (κ3) is 3.81. The van der Waals surface area contributed by atoms with Crippen LogP contribution in [0.2, 0.25) is 0 Å². The monoisotopic (exact) mass is 290 g/mol. The molecule has 9 nitrogen and oxygen atoms in total. The van der Waals surface area contributed by atoms with Crippen molar-refractivity contribution >= 4 is 5.91 Å². The number of methoxy groups -OCH3 is 2. The molecule has 0 radical (unpaired) electrons. The van der Waals surface area contributed by atoms with E-state index in [1.807, 2.05) is 0 Å². The number of nitrogens with zero attached hydrogens (tertiary/aromatic N) is 5. The Balaban J connectivity index is 2.05. The Labute approximate surface area is 120 Å². The number of ether oxygens (including phenoxy) is 2. The fraction of sp³-hybridized carbons (Fsp3) is 0.333. The average molecular weight is 290 g/mol. The molecule has 1 N–H and O–H groups in total. The van der Waals surface area contributed by atoms with Crippen LogP contribution in [0.1, 0.15) is 22.0 Å². The van der Waals surface area contributed by atoms with E-state index in [1.165, 1.54) is 26.6 Å². The van der Waals surface area contributed by atoms with Crippen molar-refractivity contribution in [3.8, 4) is 12.0 Å². The van der Waals surface area contributed by atoms with E-state index in [4.69, 9.17) is 9.47 Å². The summed E-state index contributed by atoms with van der Waals surface area (Å²) in [5, 5.41) is 2.63. The highest BCUT2D eigenvalue weighted by atomic mass is 16.5. The minimum absolute atomic E-state index is 0.0869. The standard InChI is InChI=1S/C12H14N6O3/c1-7-4-14-8(5-13-7)10(19)15-6-9-16-11(20-2)18-12(17-9)21-3/h4-5H,6H2,1-3H3,(H,15,19). The molecule has 0 saturated carbocycles. The Morgan fingerprint density at radius 1 is 1.10 bits per heavy atom. The molecule has 0 saturated heterocycles. The Morgan fingerprint density at radius 3 is 2.29 bits per heavy atom. The van der Waals surface area contributed by atoms with Crippen molar-refractivity contribution in [3.63, 3.8) is 0 Å². The number of carbonyl (C=O) groups excluding carboxylic acids is 1. The number of carbonyl (C=O) groups is 1. The maximum Gasteiger partial charge on any atom is 0.322 e. The maximum absolute atomic E-state index is 11.9. The summed E-state index contributed by atoms with van der Waals surface area (Å²) in [7, 11) is 2.86. The molecular formula is C12H14N6O3. The predicted octanol–water partition coefficient (Wildman–Crippen LogP) is -0.0828. The van der Waals surface area contributed by atoms with Gasteiger partial charge in [0.15, 0.2) is 5.82 Å². The molecule has 2 aromatic heterocycles. The van der Waals surface area contributed by atoms with Gasteiger partial charge in [-0.05, 0) is 6.92 Å². The van der Waals surface area contributed by atoms with E-state index < -0.39 is 0 Å². The molecule has 2 heterocycles. The van der Waals surface area contributed by atoms with Gasteiger partial charge in [0.2, 0.25) is 0 Å². The van der Waals surface area contributed by atoms with E-state index in [1.54, 1.807) is 6.92 Å². The zero-order valence-corrected chi connectivity index (χ0v) is 11.8. The molecule has 110 valence electrons. The Kier molecular flexibility index (Phi) is 4.54. The van der Waals surface area contributed by atoms with E-state index in [0.29, 0.717) is 5.82 Å². The average Bonchev–Trinajstić information content (AvgIpc) is 2.52. The first-order chi connectivity index (χ1) is 10.1. The van der Waals surface area contributed by atoms with Crippen molar-refractivity contribution in [1.82, 2.24) is 30.2 Å². The molecule has 0 aromatic carbocycles. The molecule has 21 heavy (non-hydrogen) atoms. The first-order valence-corrected chi connectivity index (χ1v) is 6.02. The summed E-state index contributed by atoms with van der Waals surface area (Å²) in [4.78, 5) is 31.7. The SMILES string of the molecule is COc1nc(CNC(=O)c2cnc(C)cn2)nc(OC)n1. The third-order valence-electron chi connectivity index (χ3n) is 2.43. The van der Waals surface area contributed by atoms with Crippen LogP contribution in [0, 0.1) is 6.92 Å². The summed E-state index contributed by atoms with van der Waals surface area (Å²) in [6.45, 7) is 1.88. The fourth-order valence-corrected chi connectivity index (χ4v) is 1.40. The molecule has 2 rings (SSSR count). The van der Waals surface area contributed by atoms with Gasteiger partial charge >= 0.3 is 12.0 Å². The molecule has 9 heteroatoms. The van der Waals surface area contributed by atoms with Crippen LogP contribution in [0.5, 0.6) is 12.0 Å². The summed E-state index contributed by atoms with van der Waals surface area (Å²) in [5.41, 5.74) is 0.951. The van der Waals surface area contributed by atoms with Gasteiger partial charge in [0.1, 0.15) is 5.69 Å². The van der Waals surface area contributed by atoms with Crippen LogP contribution in [-0.2, 0) is 6.54 Å². The van der Waals surface area contributed by atoms with Crippen molar-refractivity contribution < 1.29 is 14.3 Å². The van der Waals surface area contributed by atoms with Gasteiger partial charge in [0, 0.05) is 6.20 Å². The highest BCUT2D eigenvalue weighted by molar-refractivity contribution is 5.91. The fourth-order valence-electron chi connectivity index (χ4n) is 1.40. The molecule has 2 aromatic rings. The molecule has 0 unspecified atom stereocenters. The van der Waals surface area contributed by atoms with Gasteiger partial charge in [-0.3, -0.25) is 9.78 Å². The number of amides is 1. The van der Waals surface area contributed by atoms with Crippen molar-refractivity contribution in [2.24, 2.45) is 0 Å². The lowest BCUT2D eigenvalue weighted by atomic mass is 10.4. The van der Waals surface area contributed by atoms with Gasteiger partial charge in [0.25, 0.3) is 5.91 Å². The minimum Gasteiger partial charge on any atom is -0.467 e. The van der Waals surface area contributed by atoms with Crippen LogP contribution in [0.4, 0.5) is 0 Å². The van der Waals surface area contributed by atoms with Crippen molar-refractivity contribution in [3.05, 3.63) is 29.6 Å². The first kappa shape index (κ1) is 14.6. The number of aryl methyl sites for hydroxylation is 1. The molecule has 0 spiro atoms. The first-order valence-electron chi connectivity index (χ1n) is 6.02. The lowest BCUT2D eigenvalue weighted by Crippen LogP contribution is -2.25. The molecule has 0 atom stereocenters. The van der Waals surface area contributed by atoms with E-state index in [-0.39, 0.29) is 30.2 Å². The normalized spacial score (nSPS) is 10.0. The predicted molar refractivity (Wildman–Crippen MR) is 70.9 cm³/mol. The number of hydrogen-bond acceptors (Lipinski definition) is 8. The van der Waals surface area contributed by atoms with Gasteiger partial charge in [-0.15, -0.1) is 4.98 Å². The van der Waals surface area contributed by atoms with Crippen LogP contribution < -0.4 is 14.8 Å². The summed E-state index contributed by atoms with van der Waals surface area (Å²) < 4.78 is 9.85. The van der Waals surface area contributed by atoms with Crippen LogP contribution in [0.15, 0.2) is 12.4 Å². The zero-order valence-electron chi connectivity index (χ0n) is 11.8. The lowest BCUT2D eigenvalue weighted by Gasteiger charge is -2.06.